The number of hydrogen-bond donors (Lipinski definition) is 1. The Morgan fingerprint density at radius 2 is 2.08 bits per heavy atom. The molecule has 0 aromatic rings. The zero-order valence-corrected chi connectivity index (χ0v) is 8.17. The summed E-state index contributed by atoms with van der Waals surface area (Å²) in [6.45, 7) is 6.18. The Labute approximate surface area is 75.1 Å². The van der Waals surface area contributed by atoms with E-state index in [1.165, 1.54) is 5.57 Å². The van der Waals surface area contributed by atoms with Crippen molar-refractivity contribution >= 4 is 0 Å². The van der Waals surface area contributed by atoms with Crippen molar-refractivity contribution in [1.82, 2.24) is 0 Å². The highest BCUT2D eigenvalue weighted by molar-refractivity contribution is 5.32. The minimum Gasteiger partial charge on any atom is -0.392 e. The summed E-state index contributed by atoms with van der Waals surface area (Å²) in [5.74, 6) is 0. The summed E-state index contributed by atoms with van der Waals surface area (Å²) >= 11 is 0. The molecule has 0 saturated carbocycles. The topological polar surface area (TPSA) is 20.2 Å². The van der Waals surface area contributed by atoms with Crippen LogP contribution >= 0.6 is 0 Å². The smallest absolute Gasteiger partial charge is 0.0681 e. The Morgan fingerprint density at radius 3 is 2.67 bits per heavy atom. The van der Waals surface area contributed by atoms with Crippen LogP contribution in [0.15, 0.2) is 35.5 Å². The van der Waals surface area contributed by atoms with Crippen LogP contribution in [0, 0.1) is 0 Å². The van der Waals surface area contributed by atoms with E-state index in [-0.39, 0.29) is 6.61 Å². The van der Waals surface area contributed by atoms with Crippen molar-refractivity contribution in [2.24, 2.45) is 0 Å². The fourth-order valence-electron chi connectivity index (χ4n) is 0.971. The summed E-state index contributed by atoms with van der Waals surface area (Å²) in [5.41, 5.74) is 2.22. The third-order valence-corrected chi connectivity index (χ3v) is 1.50. The predicted molar refractivity (Wildman–Crippen MR) is 54.0 cm³/mol. The fourth-order valence-corrected chi connectivity index (χ4v) is 0.971. The standard InChI is InChI=1S/C9H12O.C2H6/c1-8-4-2-3-5-9(6-8)7-10;1-2/h3-6,10H,2,7H2,1H3;1-2H3. The average molecular weight is 166 g/mol. The van der Waals surface area contributed by atoms with Gasteiger partial charge in [-0.15, -0.1) is 0 Å². The van der Waals surface area contributed by atoms with E-state index in [2.05, 4.69) is 12.2 Å². The molecule has 0 bridgehead atoms. The van der Waals surface area contributed by atoms with Crippen molar-refractivity contribution in [3.05, 3.63) is 35.5 Å². The van der Waals surface area contributed by atoms with Crippen LogP contribution in [-0.4, -0.2) is 11.7 Å². The van der Waals surface area contributed by atoms with Gasteiger partial charge < -0.3 is 5.11 Å². The van der Waals surface area contributed by atoms with Crippen LogP contribution in [0.4, 0.5) is 0 Å². The van der Waals surface area contributed by atoms with Gasteiger partial charge in [-0.3, -0.25) is 0 Å². The molecule has 0 saturated heterocycles. The molecule has 0 atom stereocenters. The van der Waals surface area contributed by atoms with Gasteiger partial charge in [0.15, 0.2) is 0 Å². The Kier molecular flexibility index (Phi) is 6.39. The van der Waals surface area contributed by atoms with Crippen LogP contribution in [0.3, 0.4) is 0 Å². The van der Waals surface area contributed by atoms with E-state index in [1.54, 1.807) is 0 Å². The van der Waals surface area contributed by atoms with Crippen molar-refractivity contribution in [3.63, 3.8) is 0 Å². The SMILES string of the molecule is CC.CC1=CCC=CC(CO)=C1. The van der Waals surface area contributed by atoms with Gasteiger partial charge in [-0.1, -0.05) is 43.7 Å². The zero-order valence-electron chi connectivity index (χ0n) is 8.17. The van der Waals surface area contributed by atoms with E-state index in [1.807, 2.05) is 32.9 Å². The number of aliphatic hydroxyl groups is 1. The lowest BCUT2D eigenvalue weighted by Crippen LogP contribution is -1.84. The van der Waals surface area contributed by atoms with E-state index in [4.69, 9.17) is 5.11 Å². The first kappa shape index (κ1) is 11.2. The number of allylic oxidation sites excluding steroid dienone is 4. The Balaban J connectivity index is 0.000000561. The average Bonchev–Trinajstić information content (AvgIpc) is 2.33. The first-order valence-corrected chi connectivity index (χ1v) is 4.47. The molecule has 1 N–H and O–H groups in total. The summed E-state index contributed by atoms with van der Waals surface area (Å²) in [4.78, 5) is 0. The Hall–Kier alpha value is -0.820. The first-order chi connectivity index (χ1) is 5.83. The van der Waals surface area contributed by atoms with Gasteiger partial charge in [-0.25, -0.2) is 0 Å². The van der Waals surface area contributed by atoms with E-state index in [0.717, 1.165) is 12.0 Å². The molecule has 0 aliphatic heterocycles. The fraction of sp³-hybridized carbons (Fsp3) is 0.455. The molecule has 12 heavy (non-hydrogen) atoms. The molecule has 0 radical (unpaired) electrons. The lowest BCUT2D eigenvalue weighted by atomic mass is 10.2. The van der Waals surface area contributed by atoms with Crippen LogP contribution < -0.4 is 0 Å². The van der Waals surface area contributed by atoms with E-state index in [9.17, 15) is 0 Å². The van der Waals surface area contributed by atoms with Gasteiger partial charge in [0.25, 0.3) is 0 Å². The monoisotopic (exact) mass is 166 g/mol. The van der Waals surface area contributed by atoms with Crippen molar-refractivity contribution in [1.29, 1.82) is 0 Å². The first-order valence-electron chi connectivity index (χ1n) is 4.47. The molecular formula is C11H18O. The second-order valence-electron chi connectivity index (χ2n) is 2.46. The van der Waals surface area contributed by atoms with Gasteiger partial charge in [0.1, 0.15) is 0 Å². The molecule has 0 fully saturated rings. The summed E-state index contributed by atoms with van der Waals surface area (Å²) in [6, 6.07) is 0. The number of hydrogen-bond acceptors (Lipinski definition) is 1. The highest BCUT2D eigenvalue weighted by atomic mass is 16.3. The summed E-state index contributed by atoms with van der Waals surface area (Å²) in [5, 5.41) is 8.79. The maximum absolute atomic E-state index is 8.79. The molecule has 0 unspecified atom stereocenters. The quantitative estimate of drug-likeness (QED) is 0.635. The molecule has 0 aromatic carbocycles. The molecule has 1 heteroatoms. The molecule has 1 nitrogen and oxygen atoms in total. The van der Waals surface area contributed by atoms with Gasteiger partial charge in [0, 0.05) is 0 Å². The van der Waals surface area contributed by atoms with Gasteiger partial charge in [0.05, 0.1) is 6.61 Å². The Bertz CT molecular complexity index is 197. The Morgan fingerprint density at radius 1 is 1.42 bits per heavy atom. The minimum atomic E-state index is 0.141. The molecule has 0 aromatic heterocycles. The second-order valence-corrected chi connectivity index (χ2v) is 2.46. The van der Waals surface area contributed by atoms with Crippen LogP contribution in [0.1, 0.15) is 27.2 Å². The lowest BCUT2D eigenvalue weighted by molar-refractivity contribution is 0.335. The van der Waals surface area contributed by atoms with E-state index >= 15 is 0 Å². The summed E-state index contributed by atoms with van der Waals surface area (Å²) < 4.78 is 0. The molecular weight excluding hydrogens is 148 g/mol. The van der Waals surface area contributed by atoms with Crippen molar-refractivity contribution in [2.75, 3.05) is 6.61 Å². The van der Waals surface area contributed by atoms with E-state index < -0.39 is 0 Å². The van der Waals surface area contributed by atoms with Gasteiger partial charge in [-0.2, -0.15) is 0 Å². The van der Waals surface area contributed by atoms with Crippen molar-refractivity contribution < 1.29 is 5.11 Å². The molecule has 1 rings (SSSR count). The van der Waals surface area contributed by atoms with Crippen LogP contribution in [0.5, 0.6) is 0 Å². The largest absolute Gasteiger partial charge is 0.392 e. The normalized spacial score (nSPS) is 15.3. The number of aliphatic hydroxyl groups excluding tert-OH is 1. The lowest BCUT2D eigenvalue weighted by Gasteiger charge is -1.93. The molecule has 68 valence electrons. The summed E-state index contributed by atoms with van der Waals surface area (Å²) in [7, 11) is 0. The third kappa shape index (κ3) is 4.14. The summed E-state index contributed by atoms with van der Waals surface area (Å²) in [6.07, 6.45) is 9.14. The third-order valence-electron chi connectivity index (χ3n) is 1.50. The molecule has 1 aliphatic carbocycles. The van der Waals surface area contributed by atoms with Crippen LogP contribution in [0.25, 0.3) is 0 Å². The van der Waals surface area contributed by atoms with Crippen molar-refractivity contribution in [3.8, 4) is 0 Å². The highest BCUT2D eigenvalue weighted by Crippen LogP contribution is 2.09. The van der Waals surface area contributed by atoms with Gasteiger partial charge in [0.2, 0.25) is 0 Å². The van der Waals surface area contributed by atoms with E-state index in [0.29, 0.717) is 0 Å². The second kappa shape index (κ2) is 6.86. The molecule has 1 aliphatic rings. The predicted octanol–water partition coefficient (Wildman–Crippen LogP) is 2.84. The minimum absolute atomic E-state index is 0.141. The maximum atomic E-state index is 8.79. The highest BCUT2D eigenvalue weighted by Gasteiger charge is 1.92. The van der Waals surface area contributed by atoms with Crippen LogP contribution in [-0.2, 0) is 0 Å². The van der Waals surface area contributed by atoms with Crippen LogP contribution in [0.2, 0.25) is 0 Å². The van der Waals surface area contributed by atoms with Gasteiger partial charge in [-0.05, 0) is 18.9 Å². The number of rotatable bonds is 1. The van der Waals surface area contributed by atoms with Gasteiger partial charge >= 0.3 is 0 Å². The molecule has 0 heterocycles. The molecule has 0 amide bonds. The molecule has 0 spiro atoms. The maximum Gasteiger partial charge on any atom is 0.0681 e. The zero-order chi connectivity index (χ0) is 9.40. The van der Waals surface area contributed by atoms with Crippen molar-refractivity contribution in [2.45, 2.75) is 27.2 Å².